The Hall–Kier alpha value is -0.570. The first-order valence-corrected chi connectivity index (χ1v) is 3.61. The Morgan fingerprint density at radius 3 is 2.50 bits per heavy atom. The number of carbonyl (C=O) groups is 1. The number of nitrogens with zero attached hydrogens (tertiary/aromatic N) is 1. The first-order valence-electron chi connectivity index (χ1n) is 3.61. The number of carbonyl (C=O) groups excluding carboxylic acids is 1. The van der Waals surface area contributed by atoms with Gasteiger partial charge in [0, 0.05) is 7.05 Å². The van der Waals surface area contributed by atoms with Crippen molar-refractivity contribution in [3.63, 3.8) is 0 Å². The molecule has 1 heterocycles. The molecule has 1 aliphatic rings. The molecule has 58 valence electrons. The summed E-state index contributed by atoms with van der Waals surface area (Å²) in [7, 11) is 1.82. The van der Waals surface area contributed by atoms with E-state index in [0.717, 1.165) is 0 Å². The summed E-state index contributed by atoms with van der Waals surface area (Å²) in [5, 5.41) is 3.13. The van der Waals surface area contributed by atoms with E-state index < -0.39 is 0 Å². The van der Waals surface area contributed by atoms with Gasteiger partial charge in [0.05, 0.1) is 12.7 Å². The number of likely N-dealkylation sites (N-methyl/N-ethyl adjacent to an activating group) is 1. The summed E-state index contributed by atoms with van der Waals surface area (Å²) in [6.07, 6.45) is 0. The zero-order valence-corrected chi connectivity index (χ0v) is 6.72. The van der Waals surface area contributed by atoms with E-state index in [2.05, 4.69) is 19.2 Å². The van der Waals surface area contributed by atoms with Crippen LogP contribution in [0.2, 0.25) is 0 Å². The Morgan fingerprint density at radius 2 is 2.30 bits per heavy atom. The topological polar surface area (TPSA) is 32.3 Å². The monoisotopic (exact) mass is 142 g/mol. The van der Waals surface area contributed by atoms with Gasteiger partial charge in [-0.1, -0.05) is 13.8 Å². The lowest BCUT2D eigenvalue weighted by atomic mass is 10.1. The summed E-state index contributed by atoms with van der Waals surface area (Å²) in [6, 6.07) is 0.0463. The first kappa shape index (κ1) is 7.54. The minimum Gasteiger partial charge on any atom is -0.332 e. The Morgan fingerprint density at radius 1 is 1.70 bits per heavy atom. The molecular weight excluding hydrogens is 128 g/mol. The molecule has 0 aliphatic carbocycles. The Labute approximate surface area is 61.4 Å². The van der Waals surface area contributed by atoms with Crippen molar-refractivity contribution in [2.24, 2.45) is 5.92 Å². The van der Waals surface area contributed by atoms with Gasteiger partial charge in [-0.25, -0.2) is 0 Å². The molecule has 1 N–H and O–H groups in total. The van der Waals surface area contributed by atoms with Gasteiger partial charge in [-0.2, -0.15) is 0 Å². The molecule has 1 saturated heterocycles. The van der Waals surface area contributed by atoms with Crippen molar-refractivity contribution in [1.29, 1.82) is 0 Å². The molecular formula is C7H14N2O. The molecule has 0 aromatic carbocycles. The van der Waals surface area contributed by atoms with E-state index in [1.54, 1.807) is 4.90 Å². The molecule has 0 saturated carbocycles. The fourth-order valence-corrected chi connectivity index (χ4v) is 1.16. The van der Waals surface area contributed by atoms with Crippen LogP contribution < -0.4 is 5.32 Å². The van der Waals surface area contributed by atoms with Gasteiger partial charge in [-0.05, 0) is 5.92 Å². The van der Waals surface area contributed by atoms with Crippen molar-refractivity contribution in [2.75, 3.05) is 13.7 Å². The molecule has 10 heavy (non-hydrogen) atoms. The minimum absolute atomic E-state index is 0.0463. The normalized spacial score (nSPS) is 26.6. The van der Waals surface area contributed by atoms with Crippen LogP contribution in [0.4, 0.5) is 0 Å². The van der Waals surface area contributed by atoms with Crippen LogP contribution in [0.1, 0.15) is 13.8 Å². The van der Waals surface area contributed by atoms with Gasteiger partial charge in [0.1, 0.15) is 0 Å². The predicted octanol–water partition coefficient (Wildman–Crippen LogP) is 0.0301. The zero-order chi connectivity index (χ0) is 7.72. The Kier molecular flexibility index (Phi) is 1.94. The molecule has 0 unspecified atom stereocenters. The highest BCUT2D eigenvalue weighted by Gasteiger charge is 2.30. The van der Waals surface area contributed by atoms with E-state index in [1.807, 2.05) is 7.05 Å². The highest BCUT2D eigenvalue weighted by molar-refractivity contribution is 5.83. The number of hydrogen-bond acceptors (Lipinski definition) is 2. The lowest BCUT2D eigenvalue weighted by Crippen LogP contribution is -2.33. The van der Waals surface area contributed by atoms with E-state index >= 15 is 0 Å². The van der Waals surface area contributed by atoms with Gasteiger partial charge in [0.15, 0.2) is 0 Å². The Balaban J connectivity index is 2.57. The maximum atomic E-state index is 11.2. The standard InChI is InChI=1S/C7H14N2O/c1-5(2)6-7(10)9(3)4-8-6/h5-6,8H,4H2,1-3H3/t6-/m0/s1. The molecule has 1 atom stereocenters. The van der Waals surface area contributed by atoms with Gasteiger partial charge in [0.25, 0.3) is 0 Å². The second-order valence-electron chi connectivity index (χ2n) is 3.12. The van der Waals surface area contributed by atoms with Crippen LogP contribution >= 0.6 is 0 Å². The molecule has 0 radical (unpaired) electrons. The molecule has 0 bridgehead atoms. The van der Waals surface area contributed by atoms with Gasteiger partial charge >= 0.3 is 0 Å². The van der Waals surface area contributed by atoms with Crippen LogP contribution in [-0.4, -0.2) is 30.6 Å². The number of nitrogens with one attached hydrogen (secondary N) is 1. The summed E-state index contributed by atoms with van der Waals surface area (Å²) in [4.78, 5) is 12.9. The van der Waals surface area contributed by atoms with Crippen LogP contribution in [0.3, 0.4) is 0 Å². The maximum absolute atomic E-state index is 11.2. The predicted molar refractivity (Wildman–Crippen MR) is 39.4 cm³/mol. The highest BCUT2D eigenvalue weighted by Crippen LogP contribution is 2.09. The summed E-state index contributed by atoms with van der Waals surface area (Å²) in [5.41, 5.74) is 0. The lowest BCUT2D eigenvalue weighted by molar-refractivity contribution is -0.128. The molecule has 0 spiro atoms. The minimum atomic E-state index is 0.0463. The fraction of sp³-hybridized carbons (Fsp3) is 0.857. The Bertz CT molecular complexity index is 145. The molecule has 1 rings (SSSR count). The van der Waals surface area contributed by atoms with E-state index in [1.165, 1.54) is 0 Å². The molecule has 3 nitrogen and oxygen atoms in total. The highest BCUT2D eigenvalue weighted by atomic mass is 16.2. The van der Waals surface area contributed by atoms with Gasteiger partial charge < -0.3 is 4.90 Å². The smallest absolute Gasteiger partial charge is 0.240 e. The van der Waals surface area contributed by atoms with Crippen LogP contribution in [0, 0.1) is 5.92 Å². The summed E-state index contributed by atoms with van der Waals surface area (Å²) < 4.78 is 0. The van der Waals surface area contributed by atoms with Crippen molar-refractivity contribution in [3.8, 4) is 0 Å². The fourth-order valence-electron chi connectivity index (χ4n) is 1.16. The second-order valence-corrected chi connectivity index (χ2v) is 3.12. The second kappa shape index (κ2) is 2.58. The van der Waals surface area contributed by atoms with Crippen LogP contribution in [0.15, 0.2) is 0 Å². The molecule has 3 heteroatoms. The van der Waals surface area contributed by atoms with Crippen LogP contribution in [0.25, 0.3) is 0 Å². The van der Waals surface area contributed by atoms with E-state index in [4.69, 9.17) is 0 Å². The lowest BCUT2D eigenvalue weighted by Gasteiger charge is -2.11. The van der Waals surface area contributed by atoms with E-state index in [-0.39, 0.29) is 11.9 Å². The summed E-state index contributed by atoms with van der Waals surface area (Å²) in [5.74, 6) is 0.618. The van der Waals surface area contributed by atoms with Crippen molar-refractivity contribution < 1.29 is 4.79 Å². The maximum Gasteiger partial charge on any atom is 0.240 e. The van der Waals surface area contributed by atoms with Crippen molar-refractivity contribution in [2.45, 2.75) is 19.9 Å². The van der Waals surface area contributed by atoms with E-state index in [9.17, 15) is 4.79 Å². The third-order valence-corrected chi connectivity index (χ3v) is 1.86. The number of rotatable bonds is 1. The largest absolute Gasteiger partial charge is 0.332 e. The first-order chi connectivity index (χ1) is 4.63. The van der Waals surface area contributed by atoms with Gasteiger partial charge in [-0.15, -0.1) is 0 Å². The van der Waals surface area contributed by atoms with Gasteiger partial charge in [0.2, 0.25) is 5.91 Å². The molecule has 0 aromatic rings. The van der Waals surface area contributed by atoms with Crippen molar-refractivity contribution >= 4 is 5.91 Å². The van der Waals surface area contributed by atoms with Crippen molar-refractivity contribution in [3.05, 3.63) is 0 Å². The quantitative estimate of drug-likeness (QED) is 0.560. The number of amides is 1. The van der Waals surface area contributed by atoms with E-state index in [0.29, 0.717) is 12.6 Å². The summed E-state index contributed by atoms with van der Waals surface area (Å²) in [6.45, 7) is 4.80. The van der Waals surface area contributed by atoms with Gasteiger partial charge in [-0.3, -0.25) is 10.1 Å². The molecule has 1 aliphatic heterocycles. The molecule has 0 aromatic heterocycles. The number of hydrogen-bond donors (Lipinski definition) is 1. The average molecular weight is 142 g/mol. The molecule has 1 fully saturated rings. The van der Waals surface area contributed by atoms with Crippen LogP contribution in [-0.2, 0) is 4.79 Å². The van der Waals surface area contributed by atoms with Crippen LogP contribution in [0.5, 0.6) is 0 Å². The van der Waals surface area contributed by atoms with Crippen molar-refractivity contribution in [1.82, 2.24) is 10.2 Å². The average Bonchev–Trinajstić information content (AvgIpc) is 2.14. The third kappa shape index (κ3) is 1.14. The zero-order valence-electron chi connectivity index (χ0n) is 6.72. The third-order valence-electron chi connectivity index (χ3n) is 1.86. The summed E-state index contributed by atoms with van der Waals surface area (Å²) >= 11 is 0. The SMILES string of the molecule is CC(C)[C@@H]1NCN(C)C1=O. The molecule has 1 amide bonds.